The number of rotatable bonds is 5. The minimum absolute atomic E-state index is 0.00665. The zero-order valence-corrected chi connectivity index (χ0v) is 22.0. The lowest BCUT2D eigenvalue weighted by Gasteiger charge is -2.44. The van der Waals surface area contributed by atoms with Gasteiger partial charge in [-0.1, -0.05) is 57.3 Å². The highest BCUT2D eigenvalue weighted by Crippen LogP contribution is 2.48. The summed E-state index contributed by atoms with van der Waals surface area (Å²) < 4.78 is 0. The van der Waals surface area contributed by atoms with Gasteiger partial charge in [-0.3, -0.25) is 19.8 Å². The van der Waals surface area contributed by atoms with Gasteiger partial charge in [-0.05, 0) is 72.8 Å². The summed E-state index contributed by atoms with van der Waals surface area (Å²) >= 11 is 0. The minimum Gasteiger partial charge on any atom is -0.305 e. The molecule has 0 atom stereocenters. The van der Waals surface area contributed by atoms with Crippen molar-refractivity contribution in [2.24, 2.45) is 11.3 Å². The van der Waals surface area contributed by atoms with Crippen LogP contribution >= 0.6 is 0 Å². The van der Waals surface area contributed by atoms with Crippen molar-refractivity contribution in [3.63, 3.8) is 0 Å². The number of carbonyl (C=O) groups excluding carboxylic acids is 3. The molecule has 3 aliphatic rings. The van der Waals surface area contributed by atoms with E-state index in [1.807, 2.05) is 17.0 Å². The molecule has 2 N–H and O–H groups in total. The number of hydrogen-bond donors (Lipinski definition) is 2. The van der Waals surface area contributed by atoms with Gasteiger partial charge in [0.05, 0.1) is 0 Å². The lowest BCUT2D eigenvalue weighted by atomic mass is 9.66. The number of aromatic amines is 1. The summed E-state index contributed by atoms with van der Waals surface area (Å²) in [6.45, 7) is 7.14. The number of imide groups is 1. The molecule has 1 aromatic heterocycles. The van der Waals surface area contributed by atoms with E-state index in [1.165, 1.54) is 6.42 Å². The van der Waals surface area contributed by atoms with E-state index < -0.39 is 5.54 Å². The molecular weight excluding hydrogens is 470 g/mol. The minimum atomic E-state index is -0.773. The van der Waals surface area contributed by atoms with Crippen LogP contribution in [-0.4, -0.2) is 59.9 Å². The highest BCUT2D eigenvalue weighted by Gasteiger charge is 2.59. The van der Waals surface area contributed by atoms with Crippen LogP contribution in [0.25, 0.3) is 0 Å². The first-order valence-electron chi connectivity index (χ1n) is 13.5. The molecule has 4 amide bonds. The molecule has 1 aromatic carbocycles. The summed E-state index contributed by atoms with van der Waals surface area (Å²) in [7, 11) is 0. The molecule has 2 saturated carbocycles. The predicted molar refractivity (Wildman–Crippen MR) is 137 cm³/mol. The Morgan fingerprint density at radius 2 is 1.73 bits per heavy atom. The molecule has 1 aliphatic heterocycles. The smallest absolute Gasteiger partial charge is 0.305 e. The lowest BCUT2D eigenvalue weighted by molar-refractivity contribution is -0.137. The second-order valence-corrected chi connectivity index (χ2v) is 11.9. The van der Waals surface area contributed by atoms with Crippen LogP contribution < -0.4 is 5.32 Å². The van der Waals surface area contributed by atoms with Crippen LogP contribution in [0, 0.1) is 11.3 Å². The third-order valence-corrected chi connectivity index (χ3v) is 8.68. The zero-order valence-electron chi connectivity index (χ0n) is 22.0. The molecule has 0 radical (unpaired) electrons. The molecule has 0 bridgehead atoms. The molecule has 0 unspecified atom stereocenters. The molecule has 3 fully saturated rings. The number of carbonyl (C=O) groups is 3. The maximum atomic E-state index is 14.0. The van der Waals surface area contributed by atoms with Crippen molar-refractivity contribution < 1.29 is 14.4 Å². The van der Waals surface area contributed by atoms with Crippen molar-refractivity contribution in [1.82, 2.24) is 30.4 Å². The first-order chi connectivity index (χ1) is 17.7. The monoisotopic (exact) mass is 507 g/mol. The Balaban J connectivity index is 1.37. The maximum Gasteiger partial charge on any atom is 0.328 e. The molecule has 2 heterocycles. The van der Waals surface area contributed by atoms with Gasteiger partial charge >= 0.3 is 6.03 Å². The van der Waals surface area contributed by atoms with E-state index in [9.17, 15) is 14.4 Å². The number of aromatic nitrogens is 4. The molecule has 10 nitrogen and oxygen atoms in total. The highest BCUT2D eigenvalue weighted by molar-refractivity contribution is 6.07. The Morgan fingerprint density at radius 1 is 1.05 bits per heavy atom. The summed E-state index contributed by atoms with van der Waals surface area (Å²) in [4.78, 5) is 43.8. The Labute approximate surface area is 217 Å². The van der Waals surface area contributed by atoms with E-state index in [0.29, 0.717) is 30.9 Å². The van der Waals surface area contributed by atoms with Gasteiger partial charge in [-0.2, -0.15) is 5.21 Å². The molecule has 1 spiro atoms. The van der Waals surface area contributed by atoms with E-state index >= 15 is 0 Å². The van der Waals surface area contributed by atoms with Crippen LogP contribution in [0.15, 0.2) is 24.3 Å². The summed E-state index contributed by atoms with van der Waals surface area (Å²) in [5.74, 6) is 0.295. The van der Waals surface area contributed by atoms with Crippen LogP contribution in [0.3, 0.4) is 0 Å². The molecule has 5 rings (SSSR count). The first-order valence-corrected chi connectivity index (χ1v) is 13.5. The number of nitrogens with one attached hydrogen (secondary N) is 2. The second-order valence-electron chi connectivity index (χ2n) is 11.9. The number of tetrazole rings is 1. The van der Waals surface area contributed by atoms with Crippen LogP contribution in [0.1, 0.15) is 94.5 Å². The van der Waals surface area contributed by atoms with Crippen molar-refractivity contribution in [1.29, 1.82) is 0 Å². The zero-order chi connectivity index (χ0) is 26.2. The molecule has 37 heavy (non-hydrogen) atoms. The molecule has 198 valence electrons. The quantitative estimate of drug-likeness (QED) is 0.573. The summed E-state index contributed by atoms with van der Waals surface area (Å²) in [6.07, 6.45) is 8.37. The van der Waals surface area contributed by atoms with Crippen LogP contribution in [0.4, 0.5) is 10.7 Å². The van der Waals surface area contributed by atoms with Gasteiger partial charge in [0, 0.05) is 18.2 Å². The van der Waals surface area contributed by atoms with Gasteiger partial charge < -0.3 is 4.90 Å². The van der Waals surface area contributed by atoms with E-state index in [0.717, 1.165) is 44.1 Å². The Bertz CT molecular complexity index is 1130. The molecule has 2 aliphatic carbocycles. The third-order valence-electron chi connectivity index (χ3n) is 8.68. The van der Waals surface area contributed by atoms with Crippen molar-refractivity contribution >= 4 is 23.8 Å². The van der Waals surface area contributed by atoms with Gasteiger partial charge in [-0.25, -0.2) is 4.79 Å². The standard InChI is InChI=1S/C27H37N7O3/c1-26(2,3)20-13-15-27(16-14-20)23(36)34(21-7-5-4-6-8-21)25(37)33(27)17-18-9-11-19(12-10-18)22(35)28-24-29-31-32-30-24/h9-12,20-21H,4-8,13-17H2,1-3H3,(H2,28,29,30,31,32,35). The average Bonchev–Trinajstić information content (AvgIpc) is 3.46. The summed E-state index contributed by atoms with van der Waals surface area (Å²) in [5.41, 5.74) is 0.742. The topological polar surface area (TPSA) is 124 Å². The molecular formula is C27H37N7O3. The lowest BCUT2D eigenvalue weighted by Crippen LogP contribution is -2.52. The van der Waals surface area contributed by atoms with Crippen molar-refractivity contribution in [3.8, 4) is 0 Å². The van der Waals surface area contributed by atoms with Gasteiger partial charge in [0.2, 0.25) is 0 Å². The number of urea groups is 1. The Hall–Kier alpha value is -3.30. The van der Waals surface area contributed by atoms with Gasteiger partial charge in [0.1, 0.15) is 5.54 Å². The van der Waals surface area contributed by atoms with Gasteiger partial charge in [-0.15, -0.1) is 5.10 Å². The van der Waals surface area contributed by atoms with Gasteiger partial charge in [0.25, 0.3) is 17.8 Å². The van der Waals surface area contributed by atoms with Gasteiger partial charge in [0.15, 0.2) is 0 Å². The first kappa shape index (κ1) is 25.4. The molecule has 10 heteroatoms. The number of anilines is 1. The van der Waals surface area contributed by atoms with Crippen LogP contribution in [0.2, 0.25) is 0 Å². The summed E-state index contributed by atoms with van der Waals surface area (Å²) in [6, 6.07) is 6.99. The normalized spacial score (nSPS) is 25.2. The summed E-state index contributed by atoms with van der Waals surface area (Å²) in [5, 5.41) is 15.8. The fourth-order valence-electron chi connectivity index (χ4n) is 6.40. The van der Waals surface area contributed by atoms with Crippen molar-refractivity contribution in [3.05, 3.63) is 35.4 Å². The number of amides is 4. The second kappa shape index (κ2) is 9.87. The number of nitrogens with zero attached hydrogens (tertiary/aromatic N) is 5. The fraction of sp³-hybridized carbons (Fsp3) is 0.630. The third kappa shape index (κ3) is 4.85. The fourth-order valence-corrected chi connectivity index (χ4v) is 6.40. The Kier molecular flexibility index (Phi) is 6.76. The van der Waals surface area contributed by atoms with Crippen LogP contribution in [-0.2, 0) is 11.3 Å². The predicted octanol–water partition coefficient (Wildman–Crippen LogP) is 4.52. The van der Waals surface area contributed by atoms with E-state index in [2.05, 4.69) is 46.7 Å². The highest BCUT2D eigenvalue weighted by atomic mass is 16.2. The van der Waals surface area contributed by atoms with Crippen molar-refractivity contribution in [2.75, 3.05) is 5.32 Å². The maximum absolute atomic E-state index is 14.0. The van der Waals surface area contributed by atoms with E-state index in [-0.39, 0.29) is 35.3 Å². The molecule has 1 saturated heterocycles. The number of benzene rings is 1. The molecule has 2 aromatic rings. The van der Waals surface area contributed by atoms with E-state index in [1.54, 1.807) is 17.0 Å². The average molecular weight is 508 g/mol. The largest absolute Gasteiger partial charge is 0.328 e. The Morgan fingerprint density at radius 3 is 2.32 bits per heavy atom. The van der Waals surface area contributed by atoms with Crippen molar-refractivity contribution in [2.45, 2.75) is 96.7 Å². The van der Waals surface area contributed by atoms with Crippen LogP contribution in [0.5, 0.6) is 0 Å². The number of H-pyrrole nitrogens is 1. The number of hydrogen-bond acceptors (Lipinski definition) is 6. The van der Waals surface area contributed by atoms with E-state index in [4.69, 9.17) is 0 Å². The SMILES string of the molecule is CC(C)(C)C1CCC2(CC1)C(=O)N(C1CCCCC1)C(=O)N2Cc1ccc(C(=O)Nc2nn[nH]n2)cc1.